The van der Waals surface area contributed by atoms with Gasteiger partial charge in [-0.15, -0.1) is 11.3 Å². The number of aryl methyl sites for hydroxylation is 1. The number of likely N-dealkylation sites (N-methyl/N-ethyl adjacent to an activating group) is 1. The number of nitrogens with one attached hydrogen (secondary N) is 1. The van der Waals surface area contributed by atoms with Gasteiger partial charge in [-0.05, 0) is 53.7 Å². The van der Waals surface area contributed by atoms with Crippen molar-refractivity contribution in [2.24, 2.45) is 0 Å². The Morgan fingerprint density at radius 3 is 2.82 bits per heavy atom. The third-order valence-corrected chi connectivity index (χ3v) is 4.45. The Balaban J connectivity index is 2.20. The normalized spacial score (nSPS) is 12.6. The molecule has 1 N–H and O–H groups in total. The maximum Gasteiger partial charge on any atom is 0.0701 e. The van der Waals surface area contributed by atoms with Gasteiger partial charge < -0.3 is 5.32 Å². The van der Waals surface area contributed by atoms with Gasteiger partial charge in [0.2, 0.25) is 0 Å². The van der Waals surface area contributed by atoms with Crippen LogP contribution in [0.25, 0.3) is 0 Å². The lowest BCUT2D eigenvalue weighted by Gasteiger charge is -2.17. The number of pyridine rings is 1. The van der Waals surface area contributed by atoms with Crippen molar-refractivity contribution in [3.8, 4) is 0 Å². The van der Waals surface area contributed by atoms with Crippen molar-refractivity contribution in [3.05, 3.63) is 50.4 Å². The summed E-state index contributed by atoms with van der Waals surface area (Å²) < 4.78 is 1.19. The van der Waals surface area contributed by atoms with E-state index in [2.05, 4.69) is 51.4 Å². The number of rotatable bonds is 4. The van der Waals surface area contributed by atoms with Gasteiger partial charge in [0, 0.05) is 29.2 Å². The highest BCUT2D eigenvalue weighted by atomic mass is 79.9. The number of aromatic nitrogens is 1. The SMILES string of the molecule is CNC(Cc1ccc(Br)s1)c1cccnc1C. The molecule has 0 radical (unpaired) electrons. The first-order valence-electron chi connectivity index (χ1n) is 5.53. The monoisotopic (exact) mass is 310 g/mol. The van der Waals surface area contributed by atoms with E-state index in [1.807, 2.05) is 19.3 Å². The highest BCUT2D eigenvalue weighted by Gasteiger charge is 2.13. The lowest BCUT2D eigenvalue weighted by Crippen LogP contribution is -2.19. The molecule has 0 aliphatic carbocycles. The highest BCUT2D eigenvalue weighted by Crippen LogP contribution is 2.27. The smallest absolute Gasteiger partial charge is 0.0701 e. The molecule has 2 heterocycles. The zero-order valence-corrected chi connectivity index (χ0v) is 12.3. The highest BCUT2D eigenvalue weighted by molar-refractivity contribution is 9.11. The van der Waals surface area contributed by atoms with Crippen LogP contribution in [-0.4, -0.2) is 12.0 Å². The van der Waals surface area contributed by atoms with Gasteiger partial charge in [0.25, 0.3) is 0 Å². The number of nitrogens with zero attached hydrogens (tertiary/aromatic N) is 1. The van der Waals surface area contributed by atoms with Crippen LogP contribution in [0.5, 0.6) is 0 Å². The van der Waals surface area contributed by atoms with E-state index in [0.717, 1.165) is 12.1 Å². The first kappa shape index (κ1) is 12.7. The fourth-order valence-corrected chi connectivity index (χ4v) is 3.42. The second-order valence-corrected chi connectivity index (χ2v) is 6.48. The summed E-state index contributed by atoms with van der Waals surface area (Å²) in [4.78, 5) is 5.72. The summed E-state index contributed by atoms with van der Waals surface area (Å²) in [6.07, 6.45) is 2.84. The molecule has 2 aromatic rings. The Morgan fingerprint density at radius 2 is 2.24 bits per heavy atom. The predicted molar refractivity (Wildman–Crippen MR) is 76.5 cm³/mol. The molecule has 1 atom stereocenters. The molecule has 0 fully saturated rings. The minimum absolute atomic E-state index is 0.328. The van der Waals surface area contributed by atoms with Gasteiger partial charge in [0.05, 0.1) is 3.79 Å². The zero-order chi connectivity index (χ0) is 12.3. The van der Waals surface area contributed by atoms with E-state index in [0.29, 0.717) is 6.04 Å². The van der Waals surface area contributed by atoms with Crippen molar-refractivity contribution in [1.29, 1.82) is 0 Å². The number of thiophene rings is 1. The van der Waals surface area contributed by atoms with Crippen LogP contribution in [0.1, 0.15) is 22.2 Å². The summed E-state index contributed by atoms with van der Waals surface area (Å²) >= 11 is 5.29. The number of hydrogen-bond acceptors (Lipinski definition) is 3. The Kier molecular flexibility index (Phi) is 4.31. The fourth-order valence-electron chi connectivity index (χ4n) is 1.90. The molecule has 0 saturated carbocycles. The average molecular weight is 311 g/mol. The molecule has 0 saturated heterocycles. The molecule has 17 heavy (non-hydrogen) atoms. The van der Waals surface area contributed by atoms with E-state index >= 15 is 0 Å². The van der Waals surface area contributed by atoms with E-state index in [1.165, 1.54) is 14.2 Å². The topological polar surface area (TPSA) is 24.9 Å². The lowest BCUT2D eigenvalue weighted by molar-refractivity contribution is 0.590. The molecular formula is C13H15BrN2S. The molecule has 0 aliphatic rings. The molecular weight excluding hydrogens is 296 g/mol. The number of halogens is 1. The van der Waals surface area contributed by atoms with Crippen LogP contribution in [-0.2, 0) is 6.42 Å². The predicted octanol–water partition coefficient (Wildman–Crippen LogP) is 3.72. The molecule has 2 rings (SSSR count). The summed E-state index contributed by atoms with van der Waals surface area (Å²) in [5, 5.41) is 3.37. The van der Waals surface area contributed by atoms with Crippen molar-refractivity contribution >= 4 is 27.3 Å². The first-order chi connectivity index (χ1) is 8.20. The minimum Gasteiger partial charge on any atom is -0.313 e. The second-order valence-electron chi connectivity index (χ2n) is 3.93. The van der Waals surface area contributed by atoms with Gasteiger partial charge in [-0.25, -0.2) is 0 Å². The Hall–Kier alpha value is -0.710. The average Bonchev–Trinajstić information content (AvgIpc) is 2.73. The zero-order valence-electron chi connectivity index (χ0n) is 9.90. The molecule has 1 unspecified atom stereocenters. The maximum atomic E-state index is 4.35. The van der Waals surface area contributed by atoms with E-state index in [4.69, 9.17) is 0 Å². The third-order valence-electron chi connectivity index (χ3n) is 2.81. The van der Waals surface area contributed by atoms with Crippen molar-refractivity contribution < 1.29 is 0 Å². The van der Waals surface area contributed by atoms with Crippen LogP contribution in [0.4, 0.5) is 0 Å². The molecule has 0 aliphatic heterocycles. The summed E-state index contributed by atoms with van der Waals surface area (Å²) in [6.45, 7) is 2.06. The molecule has 2 nitrogen and oxygen atoms in total. The van der Waals surface area contributed by atoms with Gasteiger partial charge in [-0.2, -0.15) is 0 Å². The fraction of sp³-hybridized carbons (Fsp3) is 0.308. The van der Waals surface area contributed by atoms with E-state index in [-0.39, 0.29) is 0 Å². The van der Waals surface area contributed by atoms with Gasteiger partial charge in [0.15, 0.2) is 0 Å². The van der Waals surface area contributed by atoms with Crippen molar-refractivity contribution in [2.45, 2.75) is 19.4 Å². The van der Waals surface area contributed by atoms with Gasteiger partial charge in [0.1, 0.15) is 0 Å². The van der Waals surface area contributed by atoms with Crippen LogP contribution in [0.3, 0.4) is 0 Å². The molecule has 0 amide bonds. The van der Waals surface area contributed by atoms with Gasteiger partial charge in [-0.1, -0.05) is 6.07 Å². The maximum absolute atomic E-state index is 4.35. The molecule has 0 spiro atoms. The molecule has 0 aromatic carbocycles. The van der Waals surface area contributed by atoms with Gasteiger partial charge in [-0.3, -0.25) is 4.98 Å². The quantitative estimate of drug-likeness (QED) is 0.931. The molecule has 0 bridgehead atoms. The molecule has 90 valence electrons. The summed E-state index contributed by atoms with van der Waals surface area (Å²) in [6, 6.07) is 8.74. The summed E-state index contributed by atoms with van der Waals surface area (Å²) in [5.41, 5.74) is 2.38. The Bertz CT molecular complexity index is 496. The van der Waals surface area contributed by atoms with Crippen LogP contribution in [0.15, 0.2) is 34.2 Å². The summed E-state index contributed by atoms with van der Waals surface area (Å²) in [5.74, 6) is 0. The van der Waals surface area contributed by atoms with E-state index in [1.54, 1.807) is 11.3 Å². The number of hydrogen-bond donors (Lipinski definition) is 1. The van der Waals surface area contributed by atoms with Crippen molar-refractivity contribution in [2.75, 3.05) is 7.05 Å². The molecule has 2 aromatic heterocycles. The first-order valence-corrected chi connectivity index (χ1v) is 7.14. The Labute approximate surface area is 114 Å². The Morgan fingerprint density at radius 1 is 1.41 bits per heavy atom. The van der Waals surface area contributed by atoms with Crippen molar-refractivity contribution in [3.63, 3.8) is 0 Å². The van der Waals surface area contributed by atoms with Crippen LogP contribution in [0, 0.1) is 6.92 Å². The molecule has 4 heteroatoms. The standard InChI is InChI=1S/C13H15BrN2S/c1-9-11(4-3-7-16-9)12(15-2)8-10-5-6-13(14)17-10/h3-7,12,15H,8H2,1-2H3. The summed E-state index contributed by atoms with van der Waals surface area (Å²) in [7, 11) is 2.00. The van der Waals surface area contributed by atoms with Crippen molar-refractivity contribution in [1.82, 2.24) is 10.3 Å². The van der Waals surface area contributed by atoms with Crippen LogP contribution >= 0.6 is 27.3 Å². The third kappa shape index (κ3) is 3.15. The second kappa shape index (κ2) is 5.76. The lowest BCUT2D eigenvalue weighted by atomic mass is 10.0. The van der Waals surface area contributed by atoms with Gasteiger partial charge >= 0.3 is 0 Å². The van der Waals surface area contributed by atoms with E-state index in [9.17, 15) is 0 Å². The van der Waals surface area contributed by atoms with Crippen LogP contribution in [0.2, 0.25) is 0 Å². The minimum atomic E-state index is 0.328. The van der Waals surface area contributed by atoms with Crippen LogP contribution < -0.4 is 5.32 Å². The largest absolute Gasteiger partial charge is 0.313 e. The van der Waals surface area contributed by atoms with E-state index < -0.39 is 0 Å².